The van der Waals surface area contributed by atoms with Crippen molar-refractivity contribution in [2.24, 2.45) is 0 Å². The molecule has 0 aromatic carbocycles. The van der Waals surface area contributed by atoms with Crippen LogP contribution < -0.4 is 10.0 Å². The van der Waals surface area contributed by atoms with Gasteiger partial charge < -0.3 is 10.1 Å². The van der Waals surface area contributed by atoms with Crippen LogP contribution in [-0.2, 0) is 34.2 Å². The molecular weight excluding hydrogens is 524 g/mol. The molecule has 1 unspecified atom stereocenters. The average molecular weight is 565 g/mol. The second-order valence-electron chi connectivity index (χ2n) is 9.68. The first-order chi connectivity index (χ1) is 16.5. The second kappa shape index (κ2) is 11.3. The Bertz CT molecular complexity index is 1190. The van der Waals surface area contributed by atoms with Gasteiger partial charge in [0.1, 0.15) is 20.1 Å². The highest BCUT2D eigenvalue weighted by Gasteiger charge is 2.45. The van der Waals surface area contributed by atoms with Gasteiger partial charge in [-0.2, -0.15) is 4.72 Å². The third kappa shape index (κ3) is 5.78. The van der Waals surface area contributed by atoms with Gasteiger partial charge in [-0.05, 0) is 66.0 Å². The molecule has 2 N–H and O–H groups in total. The van der Waals surface area contributed by atoms with E-state index in [1.807, 2.05) is 6.92 Å². The molecule has 1 aromatic rings. The van der Waals surface area contributed by atoms with Crippen LogP contribution in [0.15, 0.2) is 14.5 Å². The molecule has 0 spiro atoms. The Kier molecular flexibility index (Phi) is 9.73. The van der Waals surface area contributed by atoms with E-state index in [0.29, 0.717) is 42.7 Å². The van der Waals surface area contributed by atoms with Crippen LogP contribution in [0.4, 0.5) is 0 Å². The van der Waals surface area contributed by atoms with E-state index in [9.17, 15) is 26.4 Å². The highest BCUT2D eigenvalue weighted by atomic mass is 32.3. The van der Waals surface area contributed by atoms with Gasteiger partial charge >= 0.3 is 0 Å². The maximum absolute atomic E-state index is 13.5. The Balaban J connectivity index is 2.42. The molecule has 0 radical (unpaired) electrons. The highest BCUT2D eigenvalue weighted by molar-refractivity contribution is 7.95. The number of hydrogen-bond donors (Lipinski definition) is 2. The van der Waals surface area contributed by atoms with Gasteiger partial charge in [-0.25, -0.2) is 16.8 Å². The number of carbonyl (C=O) groups excluding carboxylic acids is 2. The summed E-state index contributed by atoms with van der Waals surface area (Å²) in [6, 6.07) is 1.12. The Morgan fingerprint density at radius 2 is 1.78 bits per heavy atom. The number of ether oxygens (including phenoxy) is 1. The molecule has 1 aliphatic heterocycles. The van der Waals surface area contributed by atoms with Crippen LogP contribution in [0.3, 0.4) is 0 Å². The summed E-state index contributed by atoms with van der Waals surface area (Å²) in [6.07, 6.45) is 0.193. The zero-order valence-electron chi connectivity index (χ0n) is 22.4. The summed E-state index contributed by atoms with van der Waals surface area (Å²) in [6.45, 7) is 13.8. The number of sulfone groups is 1. The summed E-state index contributed by atoms with van der Waals surface area (Å²) in [4.78, 5) is 25.7. The second-order valence-corrected chi connectivity index (χ2v) is 15.2. The molecule has 206 valence electrons. The highest BCUT2D eigenvalue weighted by Crippen LogP contribution is 2.43. The van der Waals surface area contributed by atoms with Gasteiger partial charge in [0.15, 0.2) is 21.4 Å². The van der Waals surface area contributed by atoms with Crippen LogP contribution in [-0.4, -0.2) is 57.4 Å². The topological polar surface area (TPSA) is 136 Å². The number of nitrogens with one attached hydrogen (secondary N) is 2. The average Bonchev–Trinajstić information content (AvgIpc) is 3.28. The molecule has 1 aliphatic rings. The zero-order valence-corrected chi connectivity index (χ0v) is 24.9. The Morgan fingerprint density at radius 1 is 1.19 bits per heavy atom. The lowest BCUT2D eigenvalue weighted by molar-refractivity contribution is -0.161. The summed E-state index contributed by atoms with van der Waals surface area (Å²) in [5, 5.41) is 2.59. The van der Waals surface area contributed by atoms with Crippen molar-refractivity contribution in [1.29, 1.82) is 0 Å². The third-order valence-electron chi connectivity index (χ3n) is 7.31. The number of fused-ring (bicyclic) bond motifs is 1. The van der Waals surface area contributed by atoms with Gasteiger partial charge in [-0.3, -0.25) is 9.59 Å². The molecule has 36 heavy (non-hydrogen) atoms. The van der Waals surface area contributed by atoms with Crippen LogP contribution in [0.2, 0.25) is 0 Å². The van der Waals surface area contributed by atoms with Crippen molar-refractivity contribution in [1.82, 2.24) is 10.0 Å². The minimum absolute atomic E-state index is 0.0472. The Labute approximate surface area is 219 Å². The largest absolute Gasteiger partial charge is 0.356 e. The van der Waals surface area contributed by atoms with Crippen molar-refractivity contribution in [2.75, 3.05) is 6.54 Å². The predicted octanol–water partition coefficient (Wildman–Crippen LogP) is 3.53. The van der Waals surface area contributed by atoms with Gasteiger partial charge in [-0.15, -0.1) is 11.3 Å². The summed E-state index contributed by atoms with van der Waals surface area (Å²) >= 11 is 0.709. The SMILES string of the molecule is CCN[C@H]1C[C@H](C)S(=O)(=O)c2sc(S(=O)(=O)NC(C)(CC)C(=O)[C@H](C)OC(CC)(CC)C(C)=O)cc21. The fraction of sp³-hybridized carbons (Fsp3) is 0.750. The first kappa shape index (κ1) is 31.0. The van der Waals surface area contributed by atoms with E-state index in [1.165, 1.54) is 26.8 Å². The standard InChI is InChI=1S/C24H40N2O7S3/c1-9-23(8,21(28)16(6)33-24(10-2,11-3)17(7)27)26-36(31,32)20-14-18-19(25-12-4)13-15(5)35(29,30)22(18)34-20/h14-16,19,25-26H,9-13H2,1-8H3/t15-,16-,19-,23?/m0/s1. The van der Waals surface area contributed by atoms with Crippen molar-refractivity contribution in [3.8, 4) is 0 Å². The number of sulfonamides is 1. The van der Waals surface area contributed by atoms with Gasteiger partial charge in [0.05, 0.1) is 10.8 Å². The van der Waals surface area contributed by atoms with E-state index in [2.05, 4.69) is 10.0 Å². The quantitative estimate of drug-likeness (QED) is 0.371. The molecule has 9 nitrogen and oxygen atoms in total. The van der Waals surface area contributed by atoms with Crippen molar-refractivity contribution in [3.05, 3.63) is 11.6 Å². The van der Waals surface area contributed by atoms with Crippen molar-refractivity contribution < 1.29 is 31.2 Å². The summed E-state index contributed by atoms with van der Waals surface area (Å²) < 4.78 is 61.2. The number of ketones is 2. The maximum atomic E-state index is 13.5. The predicted molar refractivity (Wildman–Crippen MR) is 141 cm³/mol. The molecule has 2 rings (SSSR count). The smallest absolute Gasteiger partial charge is 0.251 e. The lowest BCUT2D eigenvalue weighted by atomic mass is 9.89. The molecule has 0 amide bonds. The molecule has 0 saturated heterocycles. The molecule has 0 aliphatic carbocycles. The number of rotatable bonds is 13. The summed E-state index contributed by atoms with van der Waals surface area (Å²) in [5.41, 5.74) is -2.21. The van der Waals surface area contributed by atoms with E-state index >= 15 is 0 Å². The fourth-order valence-corrected chi connectivity index (χ4v) is 10.1. The number of Topliss-reactive ketones (excluding diaryl/α,β-unsaturated/α-hetero) is 2. The van der Waals surface area contributed by atoms with E-state index in [-0.39, 0.29) is 26.7 Å². The molecule has 1 aromatic heterocycles. The molecular formula is C24H40N2O7S3. The van der Waals surface area contributed by atoms with Crippen LogP contribution in [0.5, 0.6) is 0 Å². The maximum Gasteiger partial charge on any atom is 0.251 e. The molecule has 0 saturated carbocycles. The number of thiophene rings is 1. The van der Waals surface area contributed by atoms with E-state index in [1.54, 1.807) is 27.7 Å². The van der Waals surface area contributed by atoms with Crippen molar-refractivity contribution in [2.45, 2.75) is 118 Å². The third-order valence-corrected chi connectivity index (χ3v) is 13.3. The molecule has 4 atom stereocenters. The normalized spacial score (nSPS) is 22.4. The fourth-order valence-electron chi connectivity index (χ4n) is 4.65. The summed E-state index contributed by atoms with van der Waals surface area (Å²) in [5.74, 6) is -0.699. The molecule has 12 heteroatoms. The minimum atomic E-state index is -4.25. The number of hydrogen-bond acceptors (Lipinski definition) is 9. The first-order valence-corrected chi connectivity index (χ1v) is 16.3. The van der Waals surface area contributed by atoms with Crippen molar-refractivity contribution in [3.63, 3.8) is 0 Å². The van der Waals surface area contributed by atoms with Crippen LogP contribution in [0.1, 0.15) is 92.7 Å². The van der Waals surface area contributed by atoms with Crippen LogP contribution >= 0.6 is 11.3 Å². The van der Waals surface area contributed by atoms with Gasteiger partial charge in [0.2, 0.25) is 0 Å². The first-order valence-electron chi connectivity index (χ1n) is 12.4. The van der Waals surface area contributed by atoms with Gasteiger partial charge in [-0.1, -0.05) is 27.7 Å². The van der Waals surface area contributed by atoms with E-state index in [0.717, 1.165) is 0 Å². The molecule has 0 bridgehead atoms. The molecule has 2 heterocycles. The Morgan fingerprint density at radius 3 is 2.25 bits per heavy atom. The van der Waals surface area contributed by atoms with E-state index < -0.39 is 48.1 Å². The monoisotopic (exact) mass is 564 g/mol. The van der Waals surface area contributed by atoms with Crippen LogP contribution in [0.25, 0.3) is 0 Å². The van der Waals surface area contributed by atoms with Gasteiger partial charge in [0.25, 0.3) is 10.0 Å². The number of carbonyl (C=O) groups is 2. The summed E-state index contributed by atoms with van der Waals surface area (Å²) in [7, 11) is -7.90. The lowest BCUT2D eigenvalue weighted by Crippen LogP contribution is -2.56. The Hall–Kier alpha value is -1.18. The minimum Gasteiger partial charge on any atom is -0.356 e. The lowest BCUT2D eigenvalue weighted by Gasteiger charge is -2.36. The van der Waals surface area contributed by atoms with Crippen molar-refractivity contribution >= 4 is 42.8 Å². The zero-order chi connectivity index (χ0) is 27.7. The van der Waals surface area contributed by atoms with Gasteiger partial charge in [0, 0.05) is 11.6 Å². The van der Waals surface area contributed by atoms with E-state index in [4.69, 9.17) is 4.74 Å². The van der Waals surface area contributed by atoms with Crippen LogP contribution in [0, 0.1) is 0 Å². The molecule has 0 fully saturated rings.